The highest BCUT2D eigenvalue weighted by atomic mass is 35.5. The molecule has 140 valence electrons. The Labute approximate surface area is 164 Å². The van der Waals surface area contributed by atoms with Crippen LogP contribution in [-0.2, 0) is 16.4 Å². The van der Waals surface area contributed by atoms with Crippen LogP contribution in [-0.4, -0.2) is 32.5 Å². The first-order valence-electron chi connectivity index (χ1n) is 8.12. The van der Waals surface area contributed by atoms with E-state index in [-0.39, 0.29) is 23.3 Å². The molecule has 2 aromatic heterocycles. The van der Waals surface area contributed by atoms with Gasteiger partial charge in [0.25, 0.3) is 0 Å². The summed E-state index contributed by atoms with van der Waals surface area (Å²) in [5.74, 6) is 0. The molecule has 0 aliphatic heterocycles. The lowest BCUT2D eigenvalue weighted by atomic mass is 10.2. The van der Waals surface area contributed by atoms with Crippen molar-refractivity contribution in [1.82, 2.24) is 15.0 Å². The molecule has 26 heavy (non-hydrogen) atoms. The van der Waals surface area contributed by atoms with Crippen molar-refractivity contribution in [2.75, 3.05) is 13.1 Å². The van der Waals surface area contributed by atoms with Crippen molar-refractivity contribution >= 4 is 44.5 Å². The van der Waals surface area contributed by atoms with E-state index in [1.54, 1.807) is 41.9 Å². The van der Waals surface area contributed by atoms with E-state index < -0.39 is 10.0 Å². The number of fused-ring (bicyclic) bond motifs is 1. The molecule has 0 aliphatic carbocycles. The second-order valence-electron chi connectivity index (χ2n) is 5.99. The third-order valence-corrected chi connectivity index (χ3v) is 6.22. The highest BCUT2D eigenvalue weighted by Crippen LogP contribution is 2.18. The van der Waals surface area contributed by atoms with Crippen LogP contribution in [0.25, 0.3) is 10.8 Å². The Morgan fingerprint density at radius 3 is 2.81 bits per heavy atom. The number of hydrogen-bond donors (Lipinski definition) is 2. The standard InChI is InChI=1S/C18H21N3O2S2.ClH/c1-14(11-19-7-4-15-6-9-24-13-15)21-25(22,23)18-3-2-17-12-20-8-5-16(17)10-18;/h2-3,5-6,8-10,12-14,19,21H,4,7,11H2,1H3;1H/t14-;/m1./s1. The van der Waals surface area contributed by atoms with E-state index in [1.807, 2.05) is 13.0 Å². The van der Waals surface area contributed by atoms with Gasteiger partial charge in [0.15, 0.2) is 0 Å². The van der Waals surface area contributed by atoms with E-state index in [4.69, 9.17) is 0 Å². The van der Waals surface area contributed by atoms with Gasteiger partial charge in [0, 0.05) is 30.4 Å². The molecule has 3 aromatic rings. The average Bonchev–Trinajstić information content (AvgIpc) is 3.11. The molecule has 0 spiro atoms. The van der Waals surface area contributed by atoms with Crippen molar-refractivity contribution in [3.8, 4) is 0 Å². The number of pyridine rings is 1. The van der Waals surface area contributed by atoms with Crippen LogP contribution in [0.3, 0.4) is 0 Å². The number of benzene rings is 1. The van der Waals surface area contributed by atoms with Gasteiger partial charge in [-0.2, -0.15) is 11.3 Å². The van der Waals surface area contributed by atoms with Gasteiger partial charge < -0.3 is 5.32 Å². The first-order chi connectivity index (χ1) is 12.0. The number of hydrogen-bond acceptors (Lipinski definition) is 5. The summed E-state index contributed by atoms with van der Waals surface area (Å²) < 4.78 is 27.8. The number of halogens is 1. The van der Waals surface area contributed by atoms with Crippen LogP contribution in [0.2, 0.25) is 0 Å². The molecule has 0 amide bonds. The van der Waals surface area contributed by atoms with Gasteiger partial charge in [0.2, 0.25) is 10.0 Å². The Morgan fingerprint density at radius 1 is 1.19 bits per heavy atom. The van der Waals surface area contributed by atoms with Crippen LogP contribution in [0.5, 0.6) is 0 Å². The maximum Gasteiger partial charge on any atom is 0.240 e. The lowest BCUT2D eigenvalue weighted by Crippen LogP contribution is -2.40. The van der Waals surface area contributed by atoms with Crippen molar-refractivity contribution in [1.29, 1.82) is 0 Å². The number of nitrogens with one attached hydrogen (secondary N) is 2. The minimum absolute atomic E-state index is 0. The molecule has 0 fully saturated rings. The average molecular weight is 412 g/mol. The van der Waals surface area contributed by atoms with E-state index in [9.17, 15) is 8.42 Å². The Bertz CT molecular complexity index is 931. The predicted octanol–water partition coefficient (Wildman–Crippen LogP) is 3.22. The molecule has 2 N–H and O–H groups in total. The number of nitrogens with zero attached hydrogens (tertiary/aromatic N) is 1. The van der Waals surface area contributed by atoms with Crippen molar-refractivity contribution in [2.24, 2.45) is 0 Å². The second-order valence-corrected chi connectivity index (χ2v) is 8.49. The van der Waals surface area contributed by atoms with Gasteiger partial charge in [-0.25, -0.2) is 13.1 Å². The van der Waals surface area contributed by atoms with Crippen LogP contribution in [0.4, 0.5) is 0 Å². The van der Waals surface area contributed by atoms with Crippen LogP contribution in [0.1, 0.15) is 12.5 Å². The molecule has 0 saturated carbocycles. The Morgan fingerprint density at radius 2 is 2.04 bits per heavy atom. The van der Waals surface area contributed by atoms with Crippen LogP contribution in [0, 0.1) is 0 Å². The normalized spacial score (nSPS) is 12.7. The Kier molecular flexibility index (Phi) is 7.55. The zero-order valence-corrected chi connectivity index (χ0v) is 16.8. The fourth-order valence-corrected chi connectivity index (χ4v) is 4.57. The van der Waals surface area contributed by atoms with Crippen LogP contribution >= 0.6 is 23.7 Å². The third-order valence-electron chi connectivity index (χ3n) is 3.90. The molecule has 0 bridgehead atoms. The maximum atomic E-state index is 12.6. The smallest absolute Gasteiger partial charge is 0.240 e. The zero-order valence-electron chi connectivity index (χ0n) is 14.4. The highest BCUT2D eigenvalue weighted by molar-refractivity contribution is 7.89. The third kappa shape index (κ3) is 5.49. The lowest BCUT2D eigenvalue weighted by Gasteiger charge is -2.15. The van der Waals surface area contributed by atoms with Gasteiger partial charge in [-0.3, -0.25) is 4.98 Å². The maximum absolute atomic E-state index is 12.6. The Balaban J connectivity index is 0.00000243. The topological polar surface area (TPSA) is 71.1 Å². The Hall–Kier alpha value is -1.51. The highest BCUT2D eigenvalue weighted by Gasteiger charge is 2.17. The molecule has 1 aromatic carbocycles. The minimum atomic E-state index is -3.54. The van der Waals surface area contributed by atoms with Crippen LogP contribution in [0.15, 0.2) is 58.4 Å². The molecular formula is C18H22ClN3O2S2. The van der Waals surface area contributed by atoms with Crippen molar-refractivity contribution in [2.45, 2.75) is 24.3 Å². The fourth-order valence-electron chi connectivity index (χ4n) is 2.59. The number of thiophene rings is 1. The largest absolute Gasteiger partial charge is 0.315 e. The fraction of sp³-hybridized carbons (Fsp3) is 0.278. The van der Waals surface area contributed by atoms with Crippen molar-refractivity contribution in [3.05, 3.63) is 59.0 Å². The van der Waals surface area contributed by atoms with E-state index in [0.29, 0.717) is 6.54 Å². The van der Waals surface area contributed by atoms with E-state index in [2.05, 4.69) is 31.8 Å². The monoisotopic (exact) mass is 411 g/mol. The summed E-state index contributed by atoms with van der Waals surface area (Å²) in [5.41, 5.74) is 1.30. The minimum Gasteiger partial charge on any atom is -0.315 e. The molecule has 0 unspecified atom stereocenters. The van der Waals surface area contributed by atoms with Crippen LogP contribution < -0.4 is 10.0 Å². The quantitative estimate of drug-likeness (QED) is 0.558. The molecular weight excluding hydrogens is 390 g/mol. The summed E-state index contributed by atoms with van der Waals surface area (Å²) in [5, 5.41) is 9.27. The van der Waals surface area contributed by atoms with E-state index >= 15 is 0 Å². The number of sulfonamides is 1. The summed E-state index contributed by atoms with van der Waals surface area (Å²) in [6.07, 6.45) is 4.33. The summed E-state index contributed by atoms with van der Waals surface area (Å²) >= 11 is 1.69. The van der Waals surface area contributed by atoms with E-state index in [0.717, 1.165) is 23.7 Å². The van der Waals surface area contributed by atoms with Gasteiger partial charge in [0.05, 0.1) is 4.90 Å². The summed E-state index contributed by atoms with van der Waals surface area (Å²) in [4.78, 5) is 4.31. The lowest BCUT2D eigenvalue weighted by molar-refractivity contribution is 0.537. The molecule has 8 heteroatoms. The first-order valence-corrected chi connectivity index (χ1v) is 10.5. The number of aromatic nitrogens is 1. The summed E-state index contributed by atoms with van der Waals surface area (Å²) in [6, 6.07) is 8.79. The molecule has 0 radical (unpaired) electrons. The van der Waals surface area contributed by atoms with Gasteiger partial charge in [-0.1, -0.05) is 6.07 Å². The van der Waals surface area contributed by atoms with E-state index in [1.165, 1.54) is 5.56 Å². The van der Waals surface area contributed by atoms with Gasteiger partial charge >= 0.3 is 0 Å². The van der Waals surface area contributed by atoms with Crippen molar-refractivity contribution in [3.63, 3.8) is 0 Å². The molecule has 1 atom stereocenters. The van der Waals surface area contributed by atoms with Gasteiger partial charge in [-0.15, -0.1) is 12.4 Å². The second kappa shape index (κ2) is 9.43. The summed E-state index contributed by atoms with van der Waals surface area (Å²) in [7, 11) is -3.54. The molecule has 5 nitrogen and oxygen atoms in total. The molecule has 2 heterocycles. The predicted molar refractivity (Wildman–Crippen MR) is 110 cm³/mol. The SMILES string of the molecule is C[C@H](CNCCc1ccsc1)NS(=O)(=O)c1ccc2cnccc2c1.Cl. The number of rotatable bonds is 8. The van der Waals surface area contributed by atoms with Crippen molar-refractivity contribution < 1.29 is 8.42 Å². The van der Waals surface area contributed by atoms with Gasteiger partial charge in [0.1, 0.15) is 0 Å². The summed E-state index contributed by atoms with van der Waals surface area (Å²) in [6.45, 7) is 3.27. The molecule has 3 rings (SSSR count). The first kappa shape index (κ1) is 20.8. The molecule has 0 saturated heterocycles. The zero-order chi connectivity index (χ0) is 17.7. The van der Waals surface area contributed by atoms with Gasteiger partial charge in [-0.05, 0) is 65.9 Å². The molecule has 0 aliphatic rings.